The van der Waals surface area contributed by atoms with Gasteiger partial charge in [0.25, 0.3) is 5.92 Å². The molecule has 158 valence electrons. The first-order valence-electron chi connectivity index (χ1n) is 9.13. The van der Waals surface area contributed by atoms with E-state index < -0.39 is 18.4 Å². The van der Waals surface area contributed by atoms with E-state index in [2.05, 4.69) is 4.98 Å². The molecular weight excluding hydrogens is 459 g/mol. The number of fused-ring (bicyclic) bond motifs is 2. The van der Waals surface area contributed by atoms with Crippen molar-refractivity contribution in [2.24, 2.45) is 0 Å². The average molecular weight is 476 g/mol. The molecule has 4 rings (SSSR count). The molecule has 0 aliphatic heterocycles. The third-order valence-electron chi connectivity index (χ3n) is 5.43. The number of carboxylic acids is 1. The van der Waals surface area contributed by atoms with Gasteiger partial charge in [0.05, 0.1) is 33.3 Å². The molecule has 1 aromatic carbocycles. The molecule has 0 spiro atoms. The number of thioether (sulfide) groups is 1. The van der Waals surface area contributed by atoms with Crippen LogP contribution in [0.2, 0.25) is 5.02 Å². The Bertz CT molecular complexity index is 1250. The summed E-state index contributed by atoms with van der Waals surface area (Å²) >= 11 is 7.58. The van der Waals surface area contributed by atoms with E-state index in [0.717, 1.165) is 0 Å². The molecule has 1 aliphatic carbocycles. The van der Waals surface area contributed by atoms with Gasteiger partial charge >= 0.3 is 29.6 Å². The number of carbonyl (C=O) groups is 1. The summed E-state index contributed by atoms with van der Waals surface area (Å²) in [5.41, 5.74) is 0.197. The summed E-state index contributed by atoms with van der Waals surface area (Å²) in [6.45, 7) is -0.539. The first kappa shape index (κ1) is 24.3. The quantitative estimate of drug-likeness (QED) is 0.292. The van der Waals surface area contributed by atoms with Crippen molar-refractivity contribution in [1.82, 2.24) is 9.55 Å². The largest absolute Gasteiger partial charge is 1.00 e. The van der Waals surface area contributed by atoms with Gasteiger partial charge in [-0.15, -0.1) is 11.8 Å². The summed E-state index contributed by atoms with van der Waals surface area (Å²) in [5, 5.41) is 12.4. The first-order chi connectivity index (χ1) is 14.1. The van der Waals surface area contributed by atoms with Gasteiger partial charge in [-0.2, -0.15) is 0 Å². The van der Waals surface area contributed by atoms with E-state index in [0.29, 0.717) is 26.6 Å². The Morgan fingerprint density at radius 1 is 1.32 bits per heavy atom. The smallest absolute Gasteiger partial charge is 0.548 e. The Balaban J connectivity index is 0.00000272. The summed E-state index contributed by atoms with van der Waals surface area (Å²) in [4.78, 5) is 31.3. The van der Waals surface area contributed by atoms with Crippen LogP contribution in [0.15, 0.2) is 34.0 Å². The minimum Gasteiger partial charge on any atom is -0.548 e. The number of benzene rings is 1. The number of pyridine rings is 2. The van der Waals surface area contributed by atoms with E-state index in [1.165, 1.54) is 16.3 Å². The van der Waals surface area contributed by atoms with E-state index in [9.17, 15) is 23.5 Å². The molecule has 0 saturated heterocycles. The molecule has 0 unspecified atom stereocenters. The third-order valence-corrected chi connectivity index (χ3v) is 6.68. The molecule has 0 bridgehead atoms. The fraction of sp³-hybridized carbons (Fsp3) is 0.350. The van der Waals surface area contributed by atoms with E-state index in [4.69, 9.17) is 11.6 Å². The van der Waals surface area contributed by atoms with Crippen molar-refractivity contribution in [3.8, 4) is 0 Å². The Morgan fingerprint density at radius 3 is 2.55 bits per heavy atom. The Morgan fingerprint density at radius 2 is 1.97 bits per heavy atom. The molecule has 0 N–H and O–H groups in total. The zero-order valence-electron chi connectivity index (χ0n) is 17.1. The van der Waals surface area contributed by atoms with Crippen LogP contribution in [0.5, 0.6) is 0 Å². The number of hydrogen-bond donors (Lipinski definition) is 0. The number of alkyl halides is 2. The van der Waals surface area contributed by atoms with Gasteiger partial charge in [0.2, 0.25) is 0 Å². The number of hydrogen-bond acceptors (Lipinski definition) is 6. The number of aliphatic carboxylic acids is 1. The van der Waals surface area contributed by atoms with Crippen LogP contribution in [0.25, 0.3) is 21.9 Å². The van der Waals surface area contributed by atoms with Gasteiger partial charge in [0, 0.05) is 31.3 Å². The Labute approximate surface area is 207 Å². The molecule has 1 aliphatic rings. The van der Waals surface area contributed by atoms with Crippen LogP contribution < -0.4 is 45.0 Å². The Kier molecular flexibility index (Phi) is 6.93. The molecule has 0 atom stereocenters. The second-order valence-corrected chi connectivity index (χ2v) is 8.56. The molecule has 0 amide bonds. The van der Waals surface area contributed by atoms with Crippen LogP contribution in [-0.4, -0.2) is 40.8 Å². The number of carboxylic acid groups (broad SMARTS) is 1. The fourth-order valence-corrected chi connectivity index (χ4v) is 4.89. The summed E-state index contributed by atoms with van der Waals surface area (Å²) in [6, 6.07) is 5.90. The van der Waals surface area contributed by atoms with Gasteiger partial charge in [0.15, 0.2) is 5.43 Å². The van der Waals surface area contributed by atoms with E-state index in [1.54, 1.807) is 42.5 Å². The molecule has 0 radical (unpaired) electrons. The van der Waals surface area contributed by atoms with Crippen LogP contribution >= 0.6 is 23.4 Å². The molecule has 2 heterocycles. The molecule has 3 aromatic rings. The van der Waals surface area contributed by atoms with Crippen LogP contribution in [-0.2, 0) is 11.3 Å². The van der Waals surface area contributed by atoms with Gasteiger partial charge in [-0.05, 0) is 30.5 Å². The fourth-order valence-electron chi connectivity index (χ4n) is 3.83. The van der Waals surface area contributed by atoms with Crippen LogP contribution in [0.4, 0.5) is 14.6 Å². The summed E-state index contributed by atoms with van der Waals surface area (Å²) in [6.07, 6.45) is 1.21. The summed E-state index contributed by atoms with van der Waals surface area (Å²) in [7, 11) is 1.65. The van der Waals surface area contributed by atoms with E-state index >= 15 is 0 Å². The molecule has 1 saturated carbocycles. The molecule has 6 nitrogen and oxygen atoms in total. The zero-order chi connectivity index (χ0) is 21.8. The second-order valence-electron chi connectivity index (χ2n) is 7.33. The topological polar surface area (TPSA) is 78.3 Å². The molecule has 2 aromatic heterocycles. The maximum Gasteiger partial charge on any atom is 1.00 e. The molecule has 1 fully saturated rings. The van der Waals surface area contributed by atoms with Crippen molar-refractivity contribution in [3.05, 3.63) is 39.5 Å². The normalized spacial score (nSPS) is 15.5. The van der Waals surface area contributed by atoms with Gasteiger partial charge in [-0.25, -0.2) is 13.8 Å². The number of halogens is 3. The van der Waals surface area contributed by atoms with Crippen molar-refractivity contribution in [3.63, 3.8) is 0 Å². The van der Waals surface area contributed by atoms with Crippen molar-refractivity contribution in [1.29, 1.82) is 0 Å². The van der Waals surface area contributed by atoms with Gasteiger partial charge < -0.3 is 19.4 Å². The monoisotopic (exact) mass is 475 g/mol. The zero-order valence-corrected chi connectivity index (χ0v) is 20.7. The van der Waals surface area contributed by atoms with Gasteiger partial charge in [-0.3, -0.25) is 4.79 Å². The van der Waals surface area contributed by atoms with Crippen LogP contribution in [0, 0.1) is 0 Å². The summed E-state index contributed by atoms with van der Waals surface area (Å²) in [5.74, 6) is -3.67. The standard InChI is InChI=1S/C20H18ClF2N3O3S.Na/c1-25(10-7-20(22,23)8-10)14-6-4-12-17(29)11-3-5-13(21)18(30-2)16(11)26(9-15(27)28)19(12)24-14;/h3-6,10H,7-9H2,1-2H3,(H,27,28);/q;+1/p-1. The predicted octanol–water partition coefficient (Wildman–Crippen LogP) is -0.0872. The van der Waals surface area contributed by atoms with Crippen molar-refractivity contribution in [2.45, 2.75) is 36.2 Å². The molecular formula is C20H17ClF2N3NaO3S. The van der Waals surface area contributed by atoms with Crippen molar-refractivity contribution < 1.29 is 48.2 Å². The maximum atomic E-state index is 13.3. The first-order valence-corrected chi connectivity index (χ1v) is 10.7. The van der Waals surface area contributed by atoms with Gasteiger partial charge in [-0.1, -0.05) is 11.6 Å². The number of aromatic nitrogens is 2. The van der Waals surface area contributed by atoms with Crippen molar-refractivity contribution in [2.75, 3.05) is 18.2 Å². The van der Waals surface area contributed by atoms with Crippen LogP contribution in [0.1, 0.15) is 12.8 Å². The molecule has 11 heteroatoms. The number of carbonyl (C=O) groups excluding carboxylic acids is 1. The SMILES string of the molecule is CSc1c(Cl)ccc2c(=O)c3ccc(N(C)C4CC(F)(F)C4)nc3n(CC(=O)[O-])c12.[Na+]. The minimum atomic E-state index is -2.69. The van der Waals surface area contributed by atoms with E-state index in [1.807, 2.05) is 0 Å². The number of anilines is 1. The number of nitrogens with zero attached hydrogens (tertiary/aromatic N) is 3. The molecule has 31 heavy (non-hydrogen) atoms. The predicted molar refractivity (Wildman–Crippen MR) is 112 cm³/mol. The Hall–Kier alpha value is -1.39. The van der Waals surface area contributed by atoms with Crippen molar-refractivity contribution >= 4 is 57.1 Å². The maximum absolute atomic E-state index is 13.3. The van der Waals surface area contributed by atoms with Crippen LogP contribution in [0.3, 0.4) is 0 Å². The summed E-state index contributed by atoms with van der Waals surface area (Å²) < 4.78 is 28.0. The minimum absolute atomic E-state index is 0. The second kappa shape index (κ2) is 8.86. The van der Waals surface area contributed by atoms with Gasteiger partial charge in [0.1, 0.15) is 11.5 Å². The third kappa shape index (κ3) is 4.30. The number of rotatable bonds is 5. The van der Waals surface area contributed by atoms with E-state index in [-0.39, 0.29) is 64.9 Å². The average Bonchev–Trinajstić information content (AvgIpc) is 2.67.